The van der Waals surface area contributed by atoms with E-state index in [1.54, 1.807) is 0 Å². The van der Waals surface area contributed by atoms with Gasteiger partial charge in [-0.2, -0.15) is 26.3 Å². The van der Waals surface area contributed by atoms with Crippen molar-refractivity contribution in [2.45, 2.75) is 12.4 Å². The molecule has 2 aromatic carbocycles. The molecule has 0 aromatic heterocycles. The quantitative estimate of drug-likeness (QED) is 0.527. The van der Waals surface area contributed by atoms with Crippen molar-refractivity contribution in [3.63, 3.8) is 0 Å². The lowest BCUT2D eigenvalue weighted by Crippen LogP contribution is -2.07. The van der Waals surface area contributed by atoms with E-state index in [0.717, 1.165) is 34.9 Å². The van der Waals surface area contributed by atoms with Crippen LogP contribution in [0.25, 0.3) is 0 Å². The minimum absolute atomic E-state index is 0.319. The summed E-state index contributed by atoms with van der Waals surface area (Å²) in [6.07, 6.45) is -8.69. The summed E-state index contributed by atoms with van der Waals surface area (Å²) < 4.78 is 74.6. The third-order valence-electron chi connectivity index (χ3n) is 3.01. The van der Waals surface area contributed by atoms with E-state index in [9.17, 15) is 26.3 Å². The van der Waals surface area contributed by atoms with E-state index >= 15 is 0 Å². The maximum Gasteiger partial charge on any atom is 0.416 e. The fourth-order valence-corrected chi connectivity index (χ4v) is 4.59. The Kier molecular flexibility index (Phi) is 5.70. The molecule has 0 saturated carbocycles. The van der Waals surface area contributed by atoms with Gasteiger partial charge in [0, 0.05) is 0 Å². The first kappa shape index (κ1) is 18.2. The molecular weight excluding hydrogens is 356 g/mol. The first-order valence-corrected chi connectivity index (χ1v) is 8.90. The molecular formula is C15H12F6P2. The highest BCUT2D eigenvalue weighted by Gasteiger charge is 2.30. The monoisotopic (exact) mass is 368 g/mol. The fraction of sp³-hybridized carbons (Fsp3) is 0.200. The Labute approximate surface area is 132 Å². The molecule has 8 heteroatoms. The highest BCUT2D eigenvalue weighted by molar-refractivity contribution is 7.64. The number of alkyl halides is 6. The maximum atomic E-state index is 12.4. The molecule has 0 spiro atoms. The summed E-state index contributed by atoms with van der Waals surface area (Å²) in [5.74, 6) is 0.705. The summed E-state index contributed by atoms with van der Waals surface area (Å²) in [6.45, 7) is 0. The van der Waals surface area contributed by atoms with Gasteiger partial charge in [-0.05, 0) is 40.8 Å². The molecule has 0 amide bonds. The third kappa shape index (κ3) is 5.47. The van der Waals surface area contributed by atoms with Crippen LogP contribution in [0.1, 0.15) is 11.1 Å². The second-order valence-electron chi connectivity index (χ2n) is 4.68. The van der Waals surface area contributed by atoms with Crippen LogP contribution in [-0.2, 0) is 12.4 Å². The molecule has 0 N–H and O–H groups in total. The third-order valence-corrected chi connectivity index (χ3v) is 5.91. The van der Waals surface area contributed by atoms with E-state index in [0.29, 0.717) is 23.1 Å². The van der Waals surface area contributed by atoms with Gasteiger partial charge < -0.3 is 0 Å². The minimum atomic E-state index is -4.34. The summed E-state index contributed by atoms with van der Waals surface area (Å²) in [4.78, 5) is 0. The zero-order valence-electron chi connectivity index (χ0n) is 11.6. The number of benzene rings is 2. The largest absolute Gasteiger partial charge is 0.416 e. The van der Waals surface area contributed by atoms with Crippen molar-refractivity contribution < 1.29 is 26.3 Å². The van der Waals surface area contributed by atoms with Gasteiger partial charge in [-0.25, -0.2) is 0 Å². The van der Waals surface area contributed by atoms with Crippen molar-refractivity contribution in [1.29, 1.82) is 0 Å². The summed E-state index contributed by atoms with van der Waals surface area (Å²) >= 11 is 0. The van der Waals surface area contributed by atoms with Crippen LogP contribution >= 0.6 is 17.2 Å². The molecule has 0 bridgehead atoms. The molecule has 0 saturated heterocycles. The molecule has 0 aliphatic heterocycles. The van der Waals surface area contributed by atoms with E-state index in [2.05, 4.69) is 0 Å². The number of halogens is 6. The molecule has 0 radical (unpaired) electrons. The van der Waals surface area contributed by atoms with Crippen molar-refractivity contribution in [1.82, 2.24) is 0 Å². The maximum absolute atomic E-state index is 12.4. The van der Waals surface area contributed by atoms with Crippen LogP contribution in [0.15, 0.2) is 48.5 Å². The van der Waals surface area contributed by atoms with Gasteiger partial charge in [0.1, 0.15) is 0 Å². The average Bonchev–Trinajstić information content (AvgIpc) is 2.46. The molecule has 2 unspecified atom stereocenters. The minimum Gasteiger partial charge on any atom is -0.166 e. The van der Waals surface area contributed by atoms with Crippen LogP contribution < -0.4 is 10.6 Å². The SMILES string of the molecule is FC(F)(F)c1ccc(PCPc2ccc(C(F)(F)F)cc2)cc1. The van der Waals surface area contributed by atoms with E-state index in [1.807, 2.05) is 0 Å². The number of hydrogen-bond donors (Lipinski definition) is 0. The van der Waals surface area contributed by atoms with Crippen LogP contribution in [0.2, 0.25) is 0 Å². The zero-order valence-corrected chi connectivity index (χ0v) is 13.6. The summed E-state index contributed by atoms with van der Waals surface area (Å²) in [5, 5.41) is 1.61. The first-order chi connectivity index (χ1) is 10.7. The van der Waals surface area contributed by atoms with Crippen LogP contribution in [0, 0.1) is 0 Å². The predicted molar refractivity (Wildman–Crippen MR) is 83.7 cm³/mol. The Morgan fingerprint density at radius 2 is 0.870 bits per heavy atom. The predicted octanol–water partition coefficient (Wildman–Crippen LogP) is 4.99. The van der Waals surface area contributed by atoms with Gasteiger partial charge in [0.05, 0.1) is 11.1 Å². The summed E-state index contributed by atoms with van der Waals surface area (Å²) in [6, 6.07) is 9.95. The van der Waals surface area contributed by atoms with Crippen LogP contribution in [0.5, 0.6) is 0 Å². The van der Waals surface area contributed by atoms with E-state index in [-0.39, 0.29) is 0 Å². The van der Waals surface area contributed by atoms with Gasteiger partial charge in [-0.15, -0.1) is 0 Å². The molecule has 0 nitrogen and oxygen atoms in total. The molecule has 2 rings (SSSR count). The molecule has 0 heterocycles. The Hall–Kier alpha value is -1.12. The van der Waals surface area contributed by atoms with Crippen molar-refractivity contribution in [2.24, 2.45) is 0 Å². The van der Waals surface area contributed by atoms with E-state index in [1.165, 1.54) is 24.3 Å². The lowest BCUT2D eigenvalue weighted by atomic mass is 10.2. The topological polar surface area (TPSA) is 0 Å². The van der Waals surface area contributed by atoms with Gasteiger partial charge in [0.25, 0.3) is 0 Å². The summed E-state index contributed by atoms with van der Waals surface area (Å²) in [7, 11) is 0.638. The van der Waals surface area contributed by atoms with Crippen molar-refractivity contribution in [3.05, 3.63) is 59.7 Å². The zero-order chi connectivity index (χ0) is 17.1. The summed E-state index contributed by atoms with van der Waals surface area (Å²) in [5.41, 5.74) is -1.37. The van der Waals surface area contributed by atoms with Crippen molar-refractivity contribution in [3.8, 4) is 0 Å². The Balaban J connectivity index is 1.87. The fourth-order valence-electron chi connectivity index (χ4n) is 1.80. The lowest BCUT2D eigenvalue weighted by Gasteiger charge is -2.09. The average molecular weight is 368 g/mol. The van der Waals surface area contributed by atoms with Gasteiger partial charge in [-0.1, -0.05) is 41.4 Å². The molecule has 0 aliphatic rings. The normalized spacial score (nSPS) is 13.5. The second-order valence-corrected chi connectivity index (χ2v) is 7.96. The molecule has 23 heavy (non-hydrogen) atoms. The van der Waals surface area contributed by atoms with Crippen LogP contribution in [0.3, 0.4) is 0 Å². The lowest BCUT2D eigenvalue weighted by molar-refractivity contribution is -0.138. The Morgan fingerprint density at radius 3 is 1.13 bits per heavy atom. The molecule has 0 aliphatic carbocycles. The van der Waals surface area contributed by atoms with E-state index < -0.39 is 23.5 Å². The van der Waals surface area contributed by atoms with Gasteiger partial charge in [0.15, 0.2) is 0 Å². The second kappa shape index (κ2) is 7.19. The molecule has 2 aromatic rings. The molecule has 2 atom stereocenters. The standard InChI is InChI=1S/C15H12F6P2/c16-14(17,18)10-1-5-12(6-2-10)22-9-23-13-7-3-11(4-8-13)15(19,20)21/h1-8,22-23H,9H2. The van der Waals surface area contributed by atoms with Gasteiger partial charge in [0.2, 0.25) is 0 Å². The van der Waals surface area contributed by atoms with E-state index in [4.69, 9.17) is 0 Å². The highest BCUT2D eigenvalue weighted by Crippen LogP contribution is 2.31. The van der Waals surface area contributed by atoms with Gasteiger partial charge >= 0.3 is 12.4 Å². The Bertz CT molecular complexity index is 572. The molecule has 0 fully saturated rings. The highest BCUT2D eigenvalue weighted by atomic mass is 31.1. The van der Waals surface area contributed by atoms with Crippen molar-refractivity contribution in [2.75, 3.05) is 5.90 Å². The van der Waals surface area contributed by atoms with Crippen molar-refractivity contribution >= 4 is 27.8 Å². The Morgan fingerprint density at radius 1 is 0.565 bits per heavy atom. The molecule has 124 valence electrons. The van der Waals surface area contributed by atoms with Crippen LogP contribution in [-0.4, -0.2) is 5.90 Å². The number of rotatable bonds is 4. The van der Waals surface area contributed by atoms with Crippen LogP contribution in [0.4, 0.5) is 26.3 Å². The number of hydrogen-bond acceptors (Lipinski definition) is 0. The van der Waals surface area contributed by atoms with Gasteiger partial charge in [-0.3, -0.25) is 0 Å². The smallest absolute Gasteiger partial charge is 0.166 e. The first-order valence-electron chi connectivity index (χ1n) is 6.48.